The summed E-state index contributed by atoms with van der Waals surface area (Å²) in [5, 5.41) is 10.8. The van der Waals surface area contributed by atoms with E-state index >= 15 is 0 Å². The van der Waals surface area contributed by atoms with Crippen LogP contribution in [0.2, 0.25) is 5.02 Å². The van der Waals surface area contributed by atoms with Gasteiger partial charge in [0, 0.05) is 5.02 Å². The van der Waals surface area contributed by atoms with Crippen molar-refractivity contribution in [3.8, 4) is 0 Å². The predicted molar refractivity (Wildman–Crippen MR) is 84.9 cm³/mol. The number of hydrogen-bond donors (Lipinski definition) is 1. The van der Waals surface area contributed by atoms with Gasteiger partial charge in [0.2, 0.25) is 0 Å². The van der Waals surface area contributed by atoms with Crippen LogP contribution in [0, 0.1) is 0 Å². The third kappa shape index (κ3) is 4.52. The molecule has 20 heavy (non-hydrogen) atoms. The van der Waals surface area contributed by atoms with Crippen molar-refractivity contribution in [1.29, 1.82) is 0 Å². The standard InChI is InChI=1S/C18H19ClO/c1-14(7-8-15-5-3-2-4-6-15)13-18(20)16-9-11-17(19)12-10-16/h2-6,9-13,18,20H,7-8H2,1H3/b14-13+/t18-/m1/s1. The van der Waals surface area contributed by atoms with E-state index in [1.54, 1.807) is 12.1 Å². The molecule has 0 heterocycles. The van der Waals surface area contributed by atoms with Gasteiger partial charge in [0.25, 0.3) is 0 Å². The van der Waals surface area contributed by atoms with Gasteiger partial charge in [-0.3, -0.25) is 0 Å². The monoisotopic (exact) mass is 286 g/mol. The van der Waals surface area contributed by atoms with Gasteiger partial charge in [0.05, 0.1) is 6.10 Å². The molecule has 1 atom stereocenters. The van der Waals surface area contributed by atoms with E-state index < -0.39 is 6.10 Å². The van der Waals surface area contributed by atoms with Crippen molar-refractivity contribution >= 4 is 11.6 Å². The van der Waals surface area contributed by atoms with Crippen molar-refractivity contribution in [3.05, 3.63) is 82.4 Å². The van der Waals surface area contributed by atoms with Crippen LogP contribution in [-0.4, -0.2) is 5.11 Å². The Bertz CT molecular complexity index is 558. The second-order valence-corrected chi connectivity index (χ2v) is 5.43. The van der Waals surface area contributed by atoms with E-state index in [0.717, 1.165) is 18.4 Å². The fraction of sp³-hybridized carbons (Fsp3) is 0.222. The zero-order chi connectivity index (χ0) is 14.4. The summed E-state index contributed by atoms with van der Waals surface area (Å²) in [6.07, 6.45) is 3.29. The van der Waals surface area contributed by atoms with E-state index in [2.05, 4.69) is 31.2 Å². The van der Waals surface area contributed by atoms with E-state index in [-0.39, 0.29) is 0 Å². The SMILES string of the molecule is C/C(=C\[C@@H](O)c1ccc(Cl)cc1)CCc1ccccc1. The highest BCUT2D eigenvalue weighted by Crippen LogP contribution is 2.20. The molecule has 0 aliphatic carbocycles. The van der Waals surface area contributed by atoms with Crippen LogP contribution in [0.1, 0.15) is 30.6 Å². The molecule has 0 fully saturated rings. The van der Waals surface area contributed by atoms with Crippen molar-refractivity contribution in [2.24, 2.45) is 0 Å². The van der Waals surface area contributed by atoms with E-state index in [1.165, 1.54) is 11.1 Å². The van der Waals surface area contributed by atoms with E-state index in [4.69, 9.17) is 11.6 Å². The van der Waals surface area contributed by atoms with Crippen LogP contribution in [0.25, 0.3) is 0 Å². The number of aliphatic hydroxyl groups is 1. The smallest absolute Gasteiger partial charge is 0.0974 e. The maximum Gasteiger partial charge on any atom is 0.0974 e. The van der Waals surface area contributed by atoms with Crippen molar-refractivity contribution in [1.82, 2.24) is 0 Å². The molecule has 0 aliphatic heterocycles. The highest BCUT2D eigenvalue weighted by molar-refractivity contribution is 6.30. The molecule has 0 aromatic heterocycles. The minimum Gasteiger partial charge on any atom is -0.384 e. The summed E-state index contributed by atoms with van der Waals surface area (Å²) in [6.45, 7) is 2.06. The third-order valence-electron chi connectivity index (χ3n) is 3.30. The summed E-state index contributed by atoms with van der Waals surface area (Å²) in [5.41, 5.74) is 3.38. The van der Waals surface area contributed by atoms with E-state index in [0.29, 0.717) is 5.02 Å². The van der Waals surface area contributed by atoms with Crippen LogP contribution in [-0.2, 0) is 6.42 Å². The zero-order valence-corrected chi connectivity index (χ0v) is 12.3. The van der Waals surface area contributed by atoms with Crippen LogP contribution < -0.4 is 0 Å². The third-order valence-corrected chi connectivity index (χ3v) is 3.56. The van der Waals surface area contributed by atoms with E-state index in [1.807, 2.05) is 24.3 Å². The summed E-state index contributed by atoms with van der Waals surface area (Å²) in [4.78, 5) is 0. The Morgan fingerprint density at radius 3 is 2.40 bits per heavy atom. The van der Waals surface area contributed by atoms with Crippen molar-refractivity contribution < 1.29 is 5.11 Å². The Labute approximate surface area is 125 Å². The molecule has 0 spiro atoms. The molecule has 0 unspecified atom stereocenters. The number of halogens is 1. The number of benzene rings is 2. The maximum atomic E-state index is 10.2. The van der Waals surface area contributed by atoms with Gasteiger partial charge >= 0.3 is 0 Å². The molecule has 2 aromatic carbocycles. The van der Waals surface area contributed by atoms with Crippen molar-refractivity contribution in [2.75, 3.05) is 0 Å². The number of aryl methyl sites for hydroxylation is 1. The Hall–Kier alpha value is -1.57. The van der Waals surface area contributed by atoms with Gasteiger partial charge < -0.3 is 5.11 Å². The second-order valence-electron chi connectivity index (χ2n) is 5.00. The number of allylic oxidation sites excluding steroid dienone is 1. The molecule has 0 radical (unpaired) electrons. The minimum atomic E-state index is -0.567. The summed E-state index contributed by atoms with van der Waals surface area (Å²) >= 11 is 5.84. The predicted octanol–water partition coefficient (Wildman–Crippen LogP) is 4.95. The number of rotatable bonds is 5. The first-order valence-electron chi connectivity index (χ1n) is 6.80. The summed E-state index contributed by atoms with van der Waals surface area (Å²) < 4.78 is 0. The number of aliphatic hydroxyl groups excluding tert-OH is 1. The lowest BCUT2D eigenvalue weighted by Gasteiger charge is -2.09. The molecule has 0 amide bonds. The molecule has 0 bridgehead atoms. The van der Waals surface area contributed by atoms with Gasteiger partial charge in [0.15, 0.2) is 0 Å². The Morgan fingerprint density at radius 2 is 1.75 bits per heavy atom. The highest BCUT2D eigenvalue weighted by atomic mass is 35.5. The first kappa shape index (κ1) is 14.8. The fourth-order valence-corrected chi connectivity index (χ4v) is 2.22. The first-order chi connectivity index (χ1) is 9.65. The molecule has 104 valence electrons. The molecule has 1 N–H and O–H groups in total. The largest absolute Gasteiger partial charge is 0.384 e. The Morgan fingerprint density at radius 1 is 1.10 bits per heavy atom. The lowest BCUT2D eigenvalue weighted by molar-refractivity contribution is 0.227. The number of hydrogen-bond acceptors (Lipinski definition) is 1. The molecule has 2 heteroatoms. The molecule has 0 saturated carbocycles. The maximum absolute atomic E-state index is 10.2. The molecule has 0 aliphatic rings. The normalized spacial score (nSPS) is 13.2. The molecule has 0 saturated heterocycles. The summed E-state index contributed by atoms with van der Waals surface area (Å²) in [6, 6.07) is 17.7. The van der Waals surface area contributed by atoms with Gasteiger partial charge in [0.1, 0.15) is 0 Å². The van der Waals surface area contributed by atoms with Crippen LogP contribution in [0.3, 0.4) is 0 Å². The van der Waals surface area contributed by atoms with Gasteiger partial charge in [-0.2, -0.15) is 0 Å². The Balaban J connectivity index is 1.94. The van der Waals surface area contributed by atoms with Gasteiger partial charge in [-0.25, -0.2) is 0 Å². The highest BCUT2D eigenvalue weighted by Gasteiger charge is 2.04. The van der Waals surface area contributed by atoms with Crippen LogP contribution in [0.4, 0.5) is 0 Å². The lowest BCUT2D eigenvalue weighted by atomic mass is 10.0. The summed E-state index contributed by atoms with van der Waals surface area (Å²) in [7, 11) is 0. The average Bonchev–Trinajstić information content (AvgIpc) is 2.47. The molecule has 2 rings (SSSR count). The fourth-order valence-electron chi connectivity index (χ4n) is 2.10. The van der Waals surface area contributed by atoms with Gasteiger partial charge in [-0.05, 0) is 43.0 Å². The second kappa shape index (κ2) is 7.28. The van der Waals surface area contributed by atoms with Crippen molar-refractivity contribution in [3.63, 3.8) is 0 Å². The van der Waals surface area contributed by atoms with Crippen molar-refractivity contribution in [2.45, 2.75) is 25.9 Å². The first-order valence-corrected chi connectivity index (χ1v) is 7.17. The Kier molecular flexibility index (Phi) is 5.40. The molecular weight excluding hydrogens is 268 g/mol. The molecular formula is C18H19ClO. The molecule has 2 aromatic rings. The lowest BCUT2D eigenvalue weighted by Crippen LogP contribution is -1.95. The topological polar surface area (TPSA) is 20.2 Å². The minimum absolute atomic E-state index is 0.567. The van der Waals surface area contributed by atoms with E-state index in [9.17, 15) is 5.11 Å². The zero-order valence-electron chi connectivity index (χ0n) is 11.6. The average molecular weight is 287 g/mol. The van der Waals surface area contributed by atoms with Crippen LogP contribution in [0.15, 0.2) is 66.2 Å². The van der Waals surface area contributed by atoms with Crippen LogP contribution in [0.5, 0.6) is 0 Å². The van der Waals surface area contributed by atoms with Crippen LogP contribution >= 0.6 is 11.6 Å². The summed E-state index contributed by atoms with van der Waals surface area (Å²) in [5.74, 6) is 0. The van der Waals surface area contributed by atoms with Gasteiger partial charge in [-0.15, -0.1) is 0 Å². The molecule has 1 nitrogen and oxygen atoms in total. The quantitative estimate of drug-likeness (QED) is 0.771. The van der Waals surface area contributed by atoms with Gasteiger partial charge in [-0.1, -0.05) is 65.7 Å².